The zero-order chi connectivity index (χ0) is 15.1. The first-order valence-electron chi connectivity index (χ1n) is 5.61. The fourth-order valence-corrected chi connectivity index (χ4v) is 3.02. The number of carbonyl (C=O) groups is 2. The number of amides is 1. The Morgan fingerprint density at radius 1 is 1.30 bits per heavy atom. The van der Waals surface area contributed by atoms with Gasteiger partial charge in [-0.2, -0.15) is 0 Å². The van der Waals surface area contributed by atoms with E-state index in [0.29, 0.717) is 20.2 Å². The first-order valence-corrected chi connectivity index (χ1v) is 7.16. The maximum atomic E-state index is 12.0. The van der Waals surface area contributed by atoms with Crippen LogP contribution < -0.4 is 4.90 Å². The number of ether oxygens (including phenoxy) is 1. The molecule has 1 aromatic carbocycles. The molecule has 0 bridgehead atoms. The van der Waals surface area contributed by atoms with Crippen molar-refractivity contribution in [3.63, 3.8) is 0 Å². The van der Waals surface area contributed by atoms with Gasteiger partial charge in [0.2, 0.25) is 0 Å². The Hall–Kier alpha value is -1.04. The lowest BCUT2D eigenvalue weighted by Gasteiger charge is -2.27. The maximum Gasteiger partial charge on any atom is 0.423 e. The molecule has 0 N–H and O–H groups in total. The molecule has 106 valence electrons. The lowest BCUT2D eigenvalue weighted by atomic mass is 10.00. The number of anilines is 1. The number of halogens is 3. The number of allylic oxidation sites excluding steroid dienone is 1. The van der Waals surface area contributed by atoms with Gasteiger partial charge in [0.15, 0.2) is 5.54 Å². The first kappa shape index (κ1) is 15.4. The van der Waals surface area contributed by atoms with Crippen LogP contribution in [0.3, 0.4) is 0 Å². The van der Waals surface area contributed by atoms with E-state index in [1.165, 1.54) is 4.90 Å². The van der Waals surface area contributed by atoms with Crippen LogP contribution in [0.2, 0.25) is 10.0 Å². The number of esters is 1. The third-order valence-corrected chi connectivity index (χ3v) is 3.49. The van der Waals surface area contributed by atoms with Gasteiger partial charge >= 0.3 is 12.1 Å². The molecule has 1 aliphatic rings. The predicted molar refractivity (Wildman–Crippen MR) is 81.5 cm³/mol. The van der Waals surface area contributed by atoms with Gasteiger partial charge in [0.05, 0.1) is 5.69 Å². The number of hydrogen-bond acceptors (Lipinski definition) is 3. The Balaban J connectivity index is 2.59. The second-order valence-corrected chi connectivity index (χ2v) is 6.62. The van der Waals surface area contributed by atoms with Crippen molar-refractivity contribution in [2.75, 3.05) is 4.90 Å². The van der Waals surface area contributed by atoms with E-state index in [1.807, 2.05) is 0 Å². The molecule has 4 nitrogen and oxygen atoms in total. The predicted octanol–water partition coefficient (Wildman–Crippen LogP) is 4.53. The molecule has 1 unspecified atom stereocenters. The maximum absolute atomic E-state index is 12.0. The zero-order valence-electron chi connectivity index (χ0n) is 10.6. The molecule has 0 radical (unpaired) electrons. The average Bonchev–Trinajstić information content (AvgIpc) is 2.46. The molecule has 2 rings (SSSR count). The van der Waals surface area contributed by atoms with Crippen LogP contribution in [0.25, 0.3) is 0 Å². The van der Waals surface area contributed by atoms with Gasteiger partial charge in [-0.15, -0.1) is 0 Å². The van der Waals surface area contributed by atoms with E-state index in [0.717, 1.165) is 0 Å². The fourth-order valence-electron chi connectivity index (χ4n) is 2.06. The van der Waals surface area contributed by atoms with Crippen molar-refractivity contribution in [3.05, 3.63) is 38.8 Å². The summed E-state index contributed by atoms with van der Waals surface area (Å²) in [5, 5.41) is 0.725. The fraction of sp³-hybridized carbons (Fsp3) is 0.231. The number of hydrogen-bond donors (Lipinski definition) is 0. The molecule has 0 spiro atoms. The summed E-state index contributed by atoms with van der Waals surface area (Å²) in [6.07, 6.45) is 0.829. The molecule has 0 aliphatic carbocycles. The Bertz CT molecular complexity index is 608. The molecule has 0 aromatic heterocycles. The van der Waals surface area contributed by atoms with Crippen molar-refractivity contribution >= 4 is 56.9 Å². The highest BCUT2D eigenvalue weighted by molar-refractivity contribution is 9.11. The van der Waals surface area contributed by atoms with Crippen LogP contribution in [0.1, 0.15) is 13.8 Å². The molecule has 20 heavy (non-hydrogen) atoms. The van der Waals surface area contributed by atoms with Crippen molar-refractivity contribution in [1.82, 2.24) is 0 Å². The smallest absolute Gasteiger partial charge is 0.374 e. The highest BCUT2D eigenvalue weighted by Gasteiger charge is 2.51. The van der Waals surface area contributed by atoms with Gasteiger partial charge < -0.3 is 4.74 Å². The molecule has 1 saturated heterocycles. The van der Waals surface area contributed by atoms with E-state index in [-0.39, 0.29) is 0 Å². The molecule has 1 aliphatic heterocycles. The van der Waals surface area contributed by atoms with E-state index in [9.17, 15) is 9.59 Å². The summed E-state index contributed by atoms with van der Waals surface area (Å²) in [7, 11) is 0. The molecular formula is C13H10BrCl2NO3. The Morgan fingerprint density at radius 3 is 2.35 bits per heavy atom. The number of benzene rings is 1. The van der Waals surface area contributed by atoms with Gasteiger partial charge in [0, 0.05) is 10.0 Å². The second-order valence-electron chi connectivity index (χ2n) is 4.50. The summed E-state index contributed by atoms with van der Waals surface area (Å²) in [6, 6.07) is 4.63. The number of rotatable bonds is 2. The standard InChI is InChI=1S/C13H10BrCl2NO3/c1-7(14)6-13(2)11(18)20-12(19)17(13)10-4-8(15)3-9(16)5-10/h3-6H,1-2H3. The van der Waals surface area contributed by atoms with Gasteiger partial charge in [0.1, 0.15) is 0 Å². The minimum atomic E-state index is -1.25. The first-order chi connectivity index (χ1) is 9.24. The van der Waals surface area contributed by atoms with Gasteiger partial charge in [0.25, 0.3) is 0 Å². The second kappa shape index (κ2) is 5.39. The van der Waals surface area contributed by atoms with Crippen LogP contribution >= 0.6 is 39.1 Å². The molecule has 1 aromatic rings. The quantitative estimate of drug-likeness (QED) is 0.560. The van der Waals surface area contributed by atoms with Crippen molar-refractivity contribution in [1.29, 1.82) is 0 Å². The zero-order valence-corrected chi connectivity index (χ0v) is 13.7. The van der Waals surface area contributed by atoms with Gasteiger partial charge in [-0.25, -0.2) is 9.59 Å². The lowest BCUT2D eigenvalue weighted by Crippen LogP contribution is -2.45. The monoisotopic (exact) mass is 377 g/mol. The summed E-state index contributed by atoms with van der Waals surface area (Å²) in [4.78, 5) is 25.2. The van der Waals surface area contributed by atoms with E-state index < -0.39 is 17.6 Å². The van der Waals surface area contributed by atoms with E-state index in [4.69, 9.17) is 27.9 Å². The SMILES string of the molecule is CC(Br)=CC1(C)C(=O)OC(=O)N1c1cc(Cl)cc(Cl)c1. The topological polar surface area (TPSA) is 46.6 Å². The van der Waals surface area contributed by atoms with E-state index in [1.54, 1.807) is 38.1 Å². The Morgan fingerprint density at radius 2 is 1.85 bits per heavy atom. The minimum Gasteiger partial charge on any atom is -0.374 e. The number of carbonyl (C=O) groups excluding carboxylic acids is 2. The highest BCUT2D eigenvalue weighted by atomic mass is 79.9. The summed E-state index contributed by atoms with van der Waals surface area (Å²) < 4.78 is 5.42. The van der Waals surface area contributed by atoms with Gasteiger partial charge in [-0.05, 0) is 42.6 Å². The van der Waals surface area contributed by atoms with Crippen molar-refractivity contribution in [2.24, 2.45) is 0 Å². The molecular weight excluding hydrogens is 369 g/mol. The third kappa shape index (κ3) is 2.71. The van der Waals surface area contributed by atoms with Crippen LogP contribution in [0.5, 0.6) is 0 Å². The molecule has 1 atom stereocenters. The molecule has 7 heteroatoms. The summed E-state index contributed by atoms with van der Waals surface area (Å²) >= 11 is 15.1. The van der Waals surface area contributed by atoms with Crippen molar-refractivity contribution in [2.45, 2.75) is 19.4 Å². The van der Waals surface area contributed by atoms with Crippen LogP contribution in [-0.4, -0.2) is 17.6 Å². The van der Waals surface area contributed by atoms with Crippen molar-refractivity contribution in [3.8, 4) is 0 Å². The van der Waals surface area contributed by atoms with Gasteiger partial charge in [-0.1, -0.05) is 39.1 Å². The Kier molecular flexibility index (Phi) is 4.14. The van der Waals surface area contributed by atoms with Crippen LogP contribution in [0.15, 0.2) is 28.8 Å². The van der Waals surface area contributed by atoms with Crippen LogP contribution in [0, 0.1) is 0 Å². The average molecular weight is 379 g/mol. The summed E-state index contributed by atoms with van der Waals surface area (Å²) in [6.45, 7) is 3.34. The Labute approximate surface area is 134 Å². The molecule has 1 heterocycles. The van der Waals surface area contributed by atoms with Gasteiger partial charge in [-0.3, -0.25) is 4.90 Å². The molecule has 1 amide bonds. The number of cyclic esters (lactones) is 2. The minimum absolute atomic E-state index is 0.363. The number of nitrogens with zero attached hydrogens (tertiary/aromatic N) is 1. The lowest BCUT2D eigenvalue weighted by molar-refractivity contribution is -0.137. The summed E-state index contributed by atoms with van der Waals surface area (Å²) in [5.74, 6) is -0.655. The summed E-state index contributed by atoms with van der Waals surface area (Å²) in [5.41, 5.74) is -0.857. The highest BCUT2D eigenvalue weighted by Crippen LogP contribution is 2.36. The van der Waals surface area contributed by atoms with Crippen LogP contribution in [-0.2, 0) is 9.53 Å². The normalized spacial score (nSPS) is 23.2. The van der Waals surface area contributed by atoms with Crippen LogP contribution in [0.4, 0.5) is 10.5 Å². The van der Waals surface area contributed by atoms with E-state index >= 15 is 0 Å². The van der Waals surface area contributed by atoms with E-state index in [2.05, 4.69) is 15.9 Å². The van der Waals surface area contributed by atoms with Crippen molar-refractivity contribution < 1.29 is 14.3 Å². The molecule has 1 fully saturated rings. The molecule has 0 saturated carbocycles. The largest absolute Gasteiger partial charge is 0.423 e. The third-order valence-electron chi connectivity index (χ3n) is 2.83.